The predicted molar refractivity (Wildman–Crippen MR) is 106 cm³/mol. The lowest BCUT2D eigenvalue weighted by Crippen LogP contribution is -2.42. The zero-order valence-electron chi connectivity index (χ0n) is 15.8. The second kappa shape index (κ2) is 9.14. The number of hydrogen-bond acceptors (Lipinski definition) is 5. The number of benzene rings is 1. The first kappa shape index (κ1) is 20.3. The van der Waals surface area contributed by atoms with Gasteiger partial charge in [0, 0.05) is 24.7 Å². The van der Waals surface area contributed by atoms with Gasteiger partial charge < -0.3 is 15.1 Å². The molecule has 0 spiro atoms. The maximum atomic E-state index is 12.5. The van der Waals surface area contributed by atoms with Crippen molar-refractivity contribution in [2.24, 2.45) is 11.1 Å². The number of carbonyl (C=O) groups is 1. The molecular formula is C19H30N4O3S. The number of anilines is 1. The lowest BCUT2D eigenvalue weighted by atomic mass is 9.95. The minimum atomic E-state index is -3.71. The lowest BCUT2D eigenvalue weighted by molar-refractivity contribution is -0.121. The number of nitrogens with two attached hydrogens (primary N) is 1. The topological polar surface area (TPSA) is 95.7 Å². The molecule has 7 nitrogen and oxygen atoms in total. The Morgan fingerprint density at radius 1 is 0.963 bits per heavy atom. The normalized spacial score (nSPS) is 20.5. The van der Waals surface area contributed by atoms with E-state index in [1.165, 1.54) is 44.5 Å². The van der Waals surface area contributed by atoms with Crippen molar-refractivity contribution in [3.63, 3.8) is 0 Å². The summed E-state index contributed by atoms with van der Waals surface area (Å²) < 4.78 is 22.6. The van der Waals surface area contributed by atoms with E-state index in [1.807, 2.05) is 0 Å². The van der Waals surface area contributed by atoms with Crippen LogP contribution in [0.3, 0.4) is 0 Å². The van der Waals surface area contributed by atoms with Crippen molar-refractivity contribution in [2.45, 2.75) is 37.0 Å². The first-order valence-electron chi connectivity index (χ1n) is 9.80. The van der Waals surface area contributed by atoms with E-state index in [-0.39, 0.29) is 16.7 Å². The molecule has 0 aliphatic carbocycles. The predicted octanol–water partition coefficient (Wildman–Crippen LogP) is 1.47. The first-order valence-corrected chi connectivity index (χ1v) is 11.3. The van der Waals surface area contributed by atoms with Crippen molar-refractivity contribution in [1.29, 1.82) is 0 Å². The van der Waals surface area contributed by atoms with Gasteiger partial charge in [0.05, 0.1) is 4.90 Å². The Kier molecular flexibility index (Phi) is 6.86. The molecule has 1 aromatic rings. The molecular weight excluding hydrogens is 364 g/mol. The van der Waals surface area contributed by atoms with Gasteiger partial charge in [-0.25, -0.2) is 13.6 Å². The monoisotopic (exact) mass is 394 g/mol. The van der Waals surface area contributed by atoms with Gasteiger partial charge in [-0.15, -0.1) is 0 Å². The van der Waals surface area contributed by atoms with E-state index in [2.05, 4.69) is 15.1 Å². The molecule has 150 valence electrons. The van der Waals surface area contributed by atoms with Gasteiger partial charge >= 0.3 is 0 Å². The molecule has 0 radical (unpaired) electrons. The van der Waals surface area contributed by atoms with E-state index < -0.39 is 10.0 Å². The van der Waals surface area contributed by atoms with Gasteiger partial charge in [0.25, 0.3) is 0 Å². The Bertz CT molecular complexity index is 722. The van der Waals surface area contributed by atoms with Crippen LogP contribution in [0.5, 0.6) is 0 Å². The van der Waals surface area contributed by atoms with Gasteiger partial charge in [-0.2, -0.15) is 0 Å². The fourth-order valence-electron chi connectivity index (χ4n) is 3.86. The molecule has 0 aromatic heterocycles. The summed E-state index contributed by atoms with van der Waals surface area (Å²) in [7, 11) is -3.71. The highest BCUT2D eigenvalue weighted by Gasteiger charge is 2.25. The number of amides is 1. The van der Waals surface area contributed by atoms with Crippen LogP contribution in [0.4, 0.5) is 5.69 Å². The first-order chi connectivity index (χ1) is 12.9. The number of likely N-dealkylation sites (tertiary alicyclic amines) is 2. The SMILES string of the molecule is NS(=O)(=O)c1ccc(NC(=O)C2CCN(CCN3CCCCC3)CC2)cc1. The fourth-order valence-corrected chi connectivity index (χ4v) is 4.37. The number of sulfonamides is 1. The molecule has 1 amide bonds. The highest BCUT2D eigenvalue weighted by Crippen LogP contribution is 2.20. The number of piperidine rings is 2. The summed E-state index contributed by atoms with van der Waals surface area (Å²) >= 11 is 0. The highest BCUT2D eigenvalue weighted by molar-refractivity contribution is 7.89. The maximum absolute atomic E-state index is 12.5. The number of hydrogen-bond donors (Lipinski definition) is 2. The number of primary sulfonamides is 1. The molecule has 0 bridgehead atoms. The molecule has 2 heterocycles. The summed E-state index contributed by atoms with van der Waals surface area (Å²) in [6, 6.07) is 5.97. The molecule has 27 heavy (non-hydrogen) atoms. The Hall–Kier alpha value is -1.48. The molecule has 2 aliphatic heterocycles. The summed E-state index contributed by atoms with van der Waals surface area (Å²) in [6.07, 6.45) is 5.73. The summed E-state index contributed by atoms with van der Waals surface area (Å²) in [6.45, 7) is 6.58. The minimum Gasteiger partial charge on any atom is -0.326 e. The Labute approximate surface area is 161 Å². The summed E-state index contributed by atoms with van der Waals surface area (Å²) in [4.78, 5) is 17.5. The smallest absolute Gasteiger partial charge is 0.238 e. The molecule has 8 heteroatoms. The van der Waals surface area contributed by atoms with Crippen LogP contribution in [-0.4, -0.2) is 63.4 Å². The van der Waals surface area contributed by atoms with Crippen LogP contribution in [0.15, 0.2) is 29.2 Å². The van der Waals surface area contributed by atoms with Crippen molar-refractivity contribution >= 4 is 21.6 Å². The molecule has 3 N–H and O–H groups in total. The number of nitrogens with zero attached hydrogens (tertiary/aromatic N) is 2. The number of carbonyl (C=O) groups excluding carboxylic acids is 1. The van der Waals surface area contributed by atoms with Crippen LogP contribution in [-0.2, 0) is 14.8 Å². The molecule has 1 aromatic carbocycles. The molecule has 0 unspecified atom stereocenters. The zero-order valence-corrected chi connectivity index (χ0v) is 16.6. The molecule has 3 rings (SSSR count). The van der Waals surface area contributed by atoms with Crippen molar-refractivity contribution in [1.82, 2.24) is 9.80 Å². The van der Waals surface area contributed by atoms with E-state index in [4.69, 9.17) is 5.14 Å². The quantitative estimate of drug-likeness (QED) is 0.762. The van der Waals surface area contributed by atoms with Crippen molar-refractivity contribution in [2.75, 3.05) is 44.6 Å². The number of nitrogens with one attached hydrogen (secondary N) is 1. The van der Waals surface area contributed by atoms with Crippen molar-refractivity contribution in [3.05, 3.63) is 24.3 Å². The van der Waals surface area contributed by atoms with Gasteiger partial charge in [0.2, 0.25) is 15.9 Å². The zero-order chi connectivity index (χ0) is 19.3. The Morgan fingerprint density at radius 3 is 2.07 bits per heavy atom. The Morgan fingerprint density at radius 2 is 1.52 bits per heavy atom. The fraction of sp³-hybridized carbons (Fsp3) is 0.632. The molecule has 2 aliphatic rings. The van der Waals surface area contributed by atoms with E-state index >= 15 is 0 Å². The standard InChI is InChI=1S/C19H30N4O3S/c20-27(25,26)18-6-4-17(5-7-18)21-19(24)16-8-12-23(13-9-16)15-14-22-10-2-1-3-11-22/h4-7,16H,1-3,8-15H2,(H,21,24)(H2,20,25,26). The van der Waals surface area contributed by atoms with Crippen LogP contribution in [0.2, 0.25) is 0 Å². The maximum Gasteiger partial charge on any atom is 0.238 e. The van der Waals surface area contributed by atoms with Gasteiger partial charge in [-0.3, -0.25) is 4.79 Å². The third kappa shape index (κ3) is 6.00. The van der Waals surface area contributed by atoms with Gasteiger partial charge in [-0.05, 0) is 76.1 Å². The largest absolute Gasteiger partial charge is 0.326 e. The van der Waals surface area contributed by atoms with Crippen molar-refractivity contribution in [3.8, 4) is 0 Å². The van der Waals surface area contributed by atoms with Crippen molar-refractivity contribution < 1.29 is 13.2 Å². The average Bonchev–Trinajstić information content (AvgIpc) is 2.67. The summed E-state index contributed by atoms with van der Waals surface area (Å²) in [5.74, 6) is 0.0168. The summed E-state index contributed by atoms with van der Waals surface area (Å²) in [5, 5.41) is 7.97. The van der Waals surface area contributed by atoms with E-state index in [0.29, 0.717) is 5.69 Å². The van der Waals surface area contributed by atoms with E-state index in [0.717, 1.165) is 39.0 Å². The second-order valence-corrected chi connectivity index (χ2v) is 9.14. The molecule has 0 atom stereocenters. The minimum absolute atomic E-state index is 0.00837. The Balaban J connectivity index is 1.41. The molecule has 0 saturated carbocycles. The van der Waals surface area contributed by atoms with E-state index in [1.54, 1.807) is 12.1 Å². The lowest BCUT2D eigenvalue weighted by Gasteiger charge is -2.34. The van der Waals surface area contributed by atoms with Gasteiger partial charge in [-0.1, -0.05) is 6.42 Å². The summed E-state index contributed by atoms with van der Waals surface area (Å²) in [5.41, 5.74) is 0.597. The third-order valence-corrected chi connectivity index (χ3v) is 6.52. The van der Waals surface area contributed by atoms with Crippen LogP contribution < -0.4 is 10.5 Å². The molecule has 2 fully saturated rings. The molecule has 2 saturated heterocycles. The van der Waals surface area contributed by atoms with Crippen LogP contribution in [0, 0.1) is 5.92 Å². The van der Waals surface area contributed by atoms with Gasteiger partial charge in [0.15, 0.2) is 0 Å². The third-order valence-electron chi connectivity index (χ3n) is 5.59. The van der Waals surface area contributed by atoms with Crippen LogP contribution in [0.1, 0.15) is 32.1 Å². The average molecular weight is 395 g/mol. The van der Waals surface area contributed by atoms with Crippen LogP contribution in [0.25, 0.3) is 0 Å². The second-order valence-electron chi connectivity index (χ2n) is 7.58. The van der Waals surface area contributed by atoms with E-state index in [9.17, 15) is 13.2 Å². The van der Waals surface area contributed by atoms with Crippen LogP contribution >= 0.6 is 0 Å². The van der Waals surface area contributed by atoms with Gasteiger partial charge in [0.1, 0.15) is 0 Å². The highest BCUT2D eigenvalue weighted by atomic mass is 32.2. The number of rotatable bonds is 6.